The third kappa shape index (κ3) is 3.56. The first-order chi connectivity index (χ1) is 14.1. The third-order valence-electron chi connectivity index (χ3n) is 5.08. The quantitative estimate of drug-likeness (QED) is 0.525. The number of benzene rings is 1. The van der Waals surface area contributed by atoms with E-state index in [4.69, 9.17) is 0 Å². The number of rotatable bonds is 6. The van der Waals surface area contributed by atoms with Gasteiger partial charge in [0.2, 0.25) is 5.91 Å². The molecular formula is C21H22N6O2. The van der Waals surface area contributed by atoms with Crippen LogP contribution in [0.2, 0.25) is 0 Å². The molecule has 1 aromatic carbocycles. The normalized spacial score (nSPS) is 11.1. The minimum absolute atomic E-state index is 0.0697. The van der Waals surface area contributed by atoms with Gasteiger partial charge in [0.05, 0.1) is 11.7 Å². The predicted molar refractivity (Wildman–Crippen MR) is 110 cm³/mol. The molecule has 0 fully saturated rings. The van der Waals surface area contributed by atoms with Gasteiger partial charge in [-0.15, -0.1) is 0 Å². The summed E-state index contributed by atoms with van der Waals surface area (Å²) < 4.78 is 3.33. The second-order valence-electron chi connectivity index (χ2n) is 6.93. The van der Waals surface area contributed by atoms with Crippen LogP contribution >= 0.6 is 0 Å². The molecular weight excluding hydrogens is 368 g/mol. The molecule has 4 rings (SSSR count). The molecule has 0 spiro atoms. The van der Waals surface area contributed by atoms with Crippen LogP contribution in [0.25, 0.3) is 16.7 Å². The van der Waals surface area contributed by atoms with Crippen LogP contribution in [0.1, 0.15) is 17.0 Å². The first-order valence-electron chi connectivity index (χ1n) is 9.42. The van der Waals surface area contributed by atoms with Crippen molar-refractivity contribution >= 4 is 16.9 Å². The van der Waals surface area contributed by atoms with Gasteiger partial charge in [-0.1, -0.05) is 18.2 Å². The monoisotopic (exact) mass is 390 g/mol. The van der Waals surface area contributed by atoms with Gasteiger partial charge >= 0.3 is 0 Å². The van der Waals surface area contributed by atoms with Crippen molar-refractivity contribution in [3.05, 3.63) is 76.5 Å². The van der Waals surface area contributed by atoms with Crippen molar-refractivity contribution in [1.82, 2.24) is 29.4 Å². The molecule has 0 saturated carbocycles. The maximum absolute atomic E-state index is 13.1. The van der Waals surface area contributed by atoms with E-state index in [1.807, 2.05) is 48.7 Å². The number of carbonyl (C=O) groups excluding carboxylic acids is 1. The van der Waals surface area contributed by atoms with Crippen LogP contribution in [-0.2, 0) is 17.8 Å². The van der Waals surface area contributed by atoms with E-state index >= 15 is 0 Å². The van der Waals surface area contributed by atoms with Gasteiger partial charge in [-0.3, -0.25) is 18.7 Å². The highest BCUT2D eigenvalue weighted by atomic mass is 16.2. The molecule has 0 atom stereocenters. The van der Waals surface area contributed by atoms with Crippen molar-refractivity contribution in [2.24, 2.45) is 0 Å². The van der Waals surface area contributed by atoms with E-state index in [-0.39, 0.29) is 18.0 Å². The van der Waals surface area contributed by atoms with Crippen LogP contribution in [0.4, 0.5) is 0 Å². The van der Waals surface area contributed by atoms with E-state index in [9.17, 15) is 9.59 Å². The second-order valence-corrected chi connectivity index (χ2v) is 6.93. The predicted octanol–water partition coefficient (Wildman–Crippen LogP) is 1.89. The number of aromatic amines is 1. The van der Waals surface area contributed by atoms with Crippen LogP contribution in [0.3, 0.4) is 0 Å². The number of para-hydroxylation sites is 1. The number of H-pyrrole nitrogens is 1. The Morgan fingerprint density at radius 2 is 2.00 bits per heavy atom. The zero-order valence-corrected chi connectivity index (χ0v) is 16.3. The lowest BCUT2D eigenvalue weighted by atomic mass is 10.2. The van der Waals surface area contributed by atoms with Crippen molar-refractivity contribution in [1.29, 1.82) is 0 Å². The molecule has 0 aliphatic carbocycles. The highest BCUT2D eigenvalue weighted by Gasteiger charge is 2.18. The maximum Gasteiger partial charge on any atom is 0.263 e. The van der Waals surface area contributed by atoms with Crippen molar-refractivity contribution in [3.63, 3.8) is 0 Å². The summed E-state index contributed by atoms with van der Waals surface area (Å²) in [5.41, 5.74) is 4.11. The average molecular weight is 390 g/mol. The van der Waals surface area contributed by atoms with Crippen LogP contribution in [0.5, 0.6) is 0 Å². The molecule has 3 aromatic heterocycles. The Morgan fingerprint density at radius 3 is 2.72 bits per heavy atom. The molecule has 8 nitrogen and oxygen atoms in total. The molecule has 3 heterocycles. The summed E-state index contributed by atoms with van der Waals surface area (Å²) in [5, 5.41) is 3.36. The minimum Gasteiger partial charge on any atom is -0.354 e. The summed E-state index contributed by atoms with van der Waals surface area (Å²) >= 11 is 0. The summed E-state index contributed by atoms with van der Waals surface area (Å²) in [7, 11) is 0. The molecule has 0 aliphatic heterocycles. The molecule has 148 valence electrons. The van der Waals surface area contributed by atoms with E-state index < -0.39 is 0 Å². The van der Waals surface area contributed by atoms with Gasteiger partial charge in [0.1, 0.15) is 12.9 Å². The van der Waals surface area contributed by atoms with E-state index in [1.165, 1.54) is 10.9 Å². The van der Waals surface area contributed by atoms with Crippen LogP contribution < -0.4 is 10.9 Å². The number of nitrogens with zero attached hydrogens (tertiary/aromatic N) is 4. The van der Waals surface area contributed by atoms with Crippen molar-refractivity contribution < 1.29 is 4.79 Å². The lowest BCUT2D eigenvalue weighted by molar-refractivity contribution is -0.121. The molecule has 0 aliphatic rings. The smallest absolute Gasteiger partial charge is 0.263 e. The van der Waals surface area contributed by atoms with Gasteiger partial charge in [0.25, 0.3) is 5.56 Å². The average Bonchev–Trinajstić information content (AvgIpc) is 3.32. The van der Waals surface area contributed by atoms with Crippen molar-refractivity contribution in [2.75, 3.05) is 6.54 Å². The van der Waals surface area contributed by atoms with E-state index in [0.29, 0.717) is 24.0 Å². The fourth-order valence-electron chi connectivity index (χ4n) is 3.46. The Labute approximate surface area is 167 Å². The Kier molecular flexibility index (Phi) is 4.99. The third-order valence-corrected chi connectivity index (χ3v) is 5.08. The maximum atomic E-state index is 13.1. The van der Waals surface area contributed by atoms with Crippen LogP contribution in [0.15, 0.2) is 54.0 Å². The minimum atomic E-state index is -0.232. The van der Waals surface area contributed by atoms with E-state index in [1.54, 1.807) is 12.5 Å². The summed E-state index contributed by atoms with van der Waals surface area (Å²) in [4.78, 5) is 36.8. The van der Waals surface area contributed by atoms with Crippen molar-refractivity contribution in [3.8, 4) is 5.69 Å². The molecule has 2 N–H and O–H groups in total. The Hall–Kier alpha value is -3.68. The fraction of sp³-hybridized carbons (Fsp3) is 0.238. The Morgan fingerprint density at radius 1 is 1.21 bits per heavy atom. The van der Waals surface area contributed by atoms with Gasteiger partial charge in [-0.2, -0.15) is 0 Å². The van der Waals surface area contributed by atoms with E-state index in [2.05, 4.69) is 20.3 Å². The molecule has 0 saturated heterocycles. The van der Waals surface area contributed by atoms with Crippen LogP contribution in [0, 0.1) is 13.8 Å². The highest BCUT2D eigenvalue weighted by Crippen LogP contribution is 2.24. The first kappa shape index (κ1) is 18.7. The number of aryl methyl sites for hydroxylation is 1. The number of aromatic nitrogens is 5. The molecule has 8 heteroatoms. The molecule has 1 amide bonds. The molecule has 4 aromatic rings. The number of nitrogens with one attached hydrogen (secondary N) is 2. The topological polar surface area (TPSA) is 97.6 Å². The lowest BCUT2D eigenvalue weighted by Crippen LogP contribution is -2.33. The summed E-state index contributed by atoms with van der Waals surface area (Å²) in [6.07, 6.45) is 5.41. The summed E-state index contributed by atoms with van der Waals surface area (Å²) in [6, 6.07) is 9.80. The number of fused-ring (bicyclic) bond motifs is 1. The number of hydrogen-bond donors (Lipinski definition) is 2. The molecule has 0 bridgehead atoms. The number of imidazole rings is 1. The Bertz CT molecular complexity index is 1210. The summed E-state index contributed by atoms with van der Waals surface area (Å²) in [5.74, 6) is -0.232. The van der Waals surface area contributed by atoms with Crippen LogP contribution in [-0.4, -0.2) is 36.5 Å². The molecule has 29 heavy (non-hydrogen) atoms. The fourth-order valence-corrected chi connectivity index (χ4v) is 3.46. The standard InChI is InChI=1S/C21H22N6O2/c1-14-15(2)27(17-6-4-3-5-7-17)20-19(14)21(29)26(13-25-20)11-18(28)23-9-8-16-10-22-12-24-16/h3-7,10,12-13H,8-9,11H2,1-2H3,(H,22,24)(H,23,28). The lowest BCUT2D eigenvalue weighted by Gasteiger charge is -2.09. The van der Waals surface area contributed by atoms with Gasteiger partial charge in [0, 0.05) is 36.2 Å². The molecule has 0 radical (unpaired) electrons. The first-order valence-corrected chi connectivity index (χ1v) is 9.42. The van der Waals surface area contributed by atoms with Gasteiger partial charge < -0.3 is 10.3 Å². The number of hydrogen-bond acceptors (Lipinski definition) is 4. The number of carbonyl (C=O) groups is 1. The zero-order chi connectivity index (χ0) is 20.4. The molecule has 0 unspecified atom stereocenters. The largest absolute Gasteiger partial charge is 0.354 e. The van der Waals surface area contributed by atoms with Gasteiger partial charge in [-0.05, 0) is 31.5 Å². The summed E-state index contributed by atoms with van der Waals surface area (Å²) in [6.45, 7) is 4.28. The van der Waals surface area contributed by atoms with Crippen molar-refractivity contribution in [2.45, 2.75) is 26.8 Å². The number of amides is 1. The van der Waals surface area contributed by atoms with Gasteiger partial charge in [-0.25, -0.2) is 9.97 Å². The van der Waals surface area contributed by atoms with E-state index in [0.717, 1.165) is 22.6 Å². The zero-order valence-electron chi connectivity index (χ0n) is 16.3. The second kappa shape index (κ2) is 7.75. The van der Waals surface area contributed by atoms with Gasteiger partial charge in [0.15, 0.2) is 5.65 Å². The SMILES string of the molecule is Cc1c(C)n(-c2ccccc2)c2ncn(CC(=O)NCCc3cnc[nH]3)c(=O)c12. The highest BCUT2D eigenvalue weighted by molar-refractivity contribution is 5.83. The Balaban J connectivity index is 1.59.